The van der Waals surface area contributed by atoms with E-state index < -0.39 is 0 Å². The Hall–Kier alpha value is 0.177. The van der Waals surface area contributed by atoms with E-state index in [1.165, 1.54) is 89.5 Å². The van der Waals surface area contributed by atoms with Crippen LogP contribution in [0, 0.1) is 0 Å². The Bertz CT molecular complexity index is 159. The molecule has 0 aromatic rings. The molecule has 0 radical (unpaired) electrons. The second-order valence-electron chi connectivity index (χ2n) is 6.40. The number of hydrogen-bond acceptors (Lipinski definition) is 1. The van der Waals surface area contributed by atoms with Crippen molar-refractivity contribution >= 4 is 9.68 Å². The molecule has 116 valence electrons. The van der Waals surface area contributed by atoms with Gasteiger partial charge in [-0.25, -0.2) is 0 Å². The molecule has 0 saturated heterocycles. The third-order valence-corrected chi connectivity index (χ3v) is 5.67. The van der Waals surface area contributed by atoms with Gasteiger partial charge in [0.05, 0.1) is 9.68 Å². The number of unbranched alkanes of at least 4 members (excludes halogenated alkanes) is 12. The molecule has 0 rings (SSSR count). The normalized spacial score (nSPS) is 12.0. The summed E-state index contributed by atoms with van der Waals surface area (Å²) < 4.78 is 2.43. The highest BCUT2D eigenvalue weighted by atomic mass is 28.2. The molecule has 0 fully saturated rings. The van der Waals surface area contributed by atoms with Gasteiger partial charge in [0.15, 0.2) is 0 Å². The van der Waals surface area contributed by atoms with E-state index in [-0.39, 0.29) is 9.68 Å². The second-order valence-corrected chi connectivity index (χ2v) is 8.82. The van der Waals surface area contributed by atoms with Crippen LogP contribution in [0.2, 0.25) is 6.04 Å². The predicted molar refractivity (Wildman–Crippen MR) is 92.7 cm³/mol. The molecule has 0 heterocycles. The summed E-state index contributed by atoms with van der Waals surface area (Å²) in [6.45, 7) is 2.29. The van der Waals surface area contributed by atoms with Gasteiger partial charge >= 0.3 is 0 Å². The summed E-state index contributed by atoms with van der Waals surface area (Å²) >= 11 is 0. The van der Waals surface area contributed by atoms with E-state index in [2.05, 4.69) is 25.6 Å². The SMILES string of the molecule is CCCCCCCCCCCCCCC[SiH2]N(C)C. The second kappa shape index (κ2) is 16.2. The Balaban J connectivity index is 2.91. The fourth-order valence-electron chi connectivity index (χ4n) is 2.62. The number of rotatable bonds is 15. The minimum atomic E-state index is 0.119. The maximum Gasteiger partial charge on any atom is 0.0943 e. The fraction of sp³-hybridized carbons (Fsp3) is 1.00. The van der Waals surface area contributed by atoms with Crippen LogP contribution in [0.5, 0.6) is 0 Å². The van der Waals surface area contributed by atoms with Crippen LogP contribution < -0.4 is 0 Å². The van der Waals surface area contributed by atoms with Crippen molar-refractivity contribution in [1.29, 1.82) is 0 Å². The Labute approximate surface area is 125 Å². The Kier molecular flexibility index (Phi) is 16.4. The molecular weight excluding hydrogens is 246 g/mol. The van der Waals surface area contributed by atoms with E-state index in [9.17, 15) is 0 Å². The largest absolute Gasteiger partial charge is 0.334 e. The molecule has 0 atom stereocenters. The average Bonchev–Trinajstić information content (AvgIpc) is 2.39. The van der Waals surface area contributed by atoms with E-state index in [1.54, 1.807) is 0 Å². The summed E-state index contributed by atoms with van der Waals surface area (Å²) in [6, 6.07) is 1.52. The standard InChI is InChI=1S/C17H39NSi/c1-4-5-6-7-8-9-10-11-12-13-14-15-16-17-19-18(2)3/h4-17,19H2,1-3H3. The van der Waals surface area contributed by atoms with Crippen molar-refractivity contribution in [2.24, 2.45) is 0 Å². The van der Waals surface area contributed by atoms with Crippen LogP contribution in [-0.4, -0.2) is 28.3 Å². The van der Waals surface area contributed by atoms with Gasteiger partial charge < -0.3 is 4.57 Å². The molecular formula is C17H39NSi. The molecule has 0 spiro atoms. The van der Waals surface area contributed by atoms with E-state index in [1.807, 2.05) is 0 Å². The monoisotopic (exact) mass is 285 g/mol. The summed E-state index contributed by atoms with van der Waals surface area (Å²) in [5.41, 5.74) is 0. The quantitative estimate of drug-likeness (QED) is 0.297. The molecule has 0 bridgehead atoms. The molecule has 1 nitrogen and oxygen atoms in total. The van der Waals surface area contributed by atoms with Gasteiger partial charge in [0.1, 0.15) is 0 Å². The fourth-order valence-corrected chi connectivity index (χ4v) is 3.83. The third-order valence-electron chi connectivity index (χ3n) is 3.96. The molecule has 0 aliphatic heterocycles. The van der Waals surface area contributed by atoms with Crippen LogP contribution in [0.15, 0.2) is 0 Å². The van der Waals surface area contributed by atoms with Gasteiger partial charge in [0.25, 0.3) is 0 Å². The zero-order valence-corrected chi connectivity index (χ0v) is 15.5. The van der Waals surface area contributed by atoms with Gasteiger partial charge in [0.2, 0.25) is 0 Å². The van der Waals surface area contributed by atoms with E-state index in [4.69, 9.17) is 0 Å². The zero-order chi connectivity index (χ0) is 14.2. The predicted octanol–water partition coefficient (Wildman–Crippen LogP) is 5.14. The molecule has 0 aliphatic carbocycles. The highest BCUT2D eigenvalue weighted by Crippen LogP contribution is 2.12. The number of hydrogen-bond donors (Lipinski definition) is 0. The minimum absolute atomic E-state index is 0.119. The summed E-state index contributed by atoms with van der Waals surface area (Å²) in [4.78, 5) is 0. The third kappa shape index (κ3) is 18.2. The summed E-state index contributed by atoms with van der Waals surface area (Å²) in [5, 5.41) is 0. The Morgan fingerprint density at radius 1 is 0.579 bits per heavy atom. The first-order chi connectivity index (χ1) is 9.27. The van der Waals surface area contributed by atoms with Crippen molar-refractivity contribution in [2.75, 3.05) is 14.1 Å². The van der Waals surface area contributed by atoms with Gasteiger partial charge in [-0.15, -0.1) is 0 Å². The highest BCUT2D eigenvalue weighted by molar-refractivity contribution is 6.31. The van der Waals surface area contributed by atoms with Gasteiger partial charge in [-0.3, -0.25) is 0 Å². The van der Waals surface area contributed by atoms with Crippen LogP contribution in [0.25, 0.3) is 0 Å². The first kappa shape index (κ1) is 19.2. The first-order valence-corrected chi connectivity index (χ1v) is 10.6. The lowest BCUT2D eigenvalue weighted by molar-refractivity contribution is 0.541. The maximum absolute atomic E-state index is 2.43. The minimum Gasteiger partial charge on any atom is -0.334 e. The van der Waals surface area contributed by atoms with Crippen molar-refractivity contribution in [2.45, 2.75) is 96.4 Å². The summed E-state index contributed by atoms with van der Waals surface area (Å²) in [6.07, 6.45) is 19.1. The van der Waals surface area contributed by atoms with E-state index >= 15 is 0 Å². The van der Waals surface area contributed by atoms with Crippen LogP contribution >= 0.6 is 0 Å². The molecule has 0 aromatic carbocycles. The molecule has 0 amide bonds. The van der Waals surface area contributed by atoms with Gasteiger partial charge in [-0.2, -0.15) is 0 Å². The van der Waals surface area contributed by atoms with Crippen molar-refractivity contribution in [3.63, 3.8) is 0 Å². The van der Waals surface area contributed by atoms with Crippen molar-refractivity contribution in [1.82, 2.24) is 4.57 Å². The van der Waals surface area contributed by atoms with Crippen molar-refractivity contribution < 1.29 is 0 Å². The summed E-state index contributed by atoms with van der Waals surface area (Å²) in [5.74, 6) is 0. The number of nitrogens with zero attached hydrogens (tertiary/aromatic N) is 1. The molecule has 0 unspecified atom stereocenters. The Morgan fingerprint density at radius 3 is 1.32 bits per heavy atom. The zero-order valence-electron chi connectivity index (χ0n) is 14.1. The van der Waals surface area contributed by atoms with Gasteiger partial charge in [0, 0.05) is 0 Å². The van der Waals surface area contributed by atoms with Crippen molar-refractivity contribution in [3.05, 3.63) is 0 Å². The molecule has 0 aliphatic rings. The van der Waals surface area contributed by atoms with E-state index in [0.717, 1.165) is 0 Å². The highest BCUT2D eigenvalue weighted by Gasteiger charge is 1.95. The van der Waals surface area contributed by atoms with Crippen LogP contribution in [-0.2, 0) is 0 Å². The smallest absolute Gasteiger partial charge is 0.0943 e. The topological polar surface area (TPSA) is 3.24 Å². The maximum atomic E-state index is 2.43. The van der Waals surface area contributed by atoms with Gasteiger partial charge in [-0.05, 0) is 20.1 Å². The molecule has 2 heteroatoms. The van der Waals surface area contributed by atoms with Crippen LogP contribution in [0.4, 0.5) is 0 Å². The van der Waals surface area contributed by atoms with E-state index in [0.29, 0.717) is 0 Å². The van der Waals surface area contributed by atoms with Gasteiger partial charge in [-0.1, -0.05) is 90.4 Å². The lowest BCUT2D eigenvalue weighted by Gasteiger charge is -2.07. The average molecular weight is 286 g/mol. The van der Waals surface area contributed by atoms with Crippen LogP contribution in [0.3, 0.4) is 0 Å². The lowest BCUT2D eigenvalue weighted by Crippen LogP contribution is -2.16. The first-order valence-electron chi connectivity index (χ1n) is 8.92. The Morgan fingerprint density at radius 2 is 0.947 bits per heavy atom. The lowest BCUT2D eigenvalue weighted by atomic mass is 10.1. The van der Waals surface area contributed by atoms with Crippen LogP contribution in [0.1, 0.15) is 90.4 Å². The molecule has 19 heavy (non-hydrogen) atoms. The summed E-state index contributed by atoms with van der Waals surface area (Å²) in [7, 11) is 4.58. The van der Waals surface area contributed by atoms with Crippen molar-refractivity contribution in [3.8, 4) is 0 Å². The molecule has 0 saturated carbocycles. The molecule has 0 aromatic heterocycles. The molecule has 0 N–H and O–H groups in total.